The predicted octanol–water partition coefficient (Wildman–Crippen LogP) is 2.40. The first-order valence-electron chi connectivity index (χ1n) is 4.94. The third-order valence-corrected chi connectivity index (χ3v) is 2.49. The second-order valence-electron chi connectivity index (χ2n) is 3.29. The molecule has 0 bridgehead atoms. The molecule has 0 saturated heterocycles. The molecule has 2 rings (SSSR count). The van der Waals surface area contributed by atoms with E-state index >= 15 is 0 Å². The summed E-state index contributed by atoms with van der Waals surface area (Å²) < 4.78 is 8.37. The number of hydrogen-bond donors (Lipinski definition) is 1. The molecule has 0 aliphatic rings. The van der Waals surface area contributed by atoms with Crippen LogP contribution in [0.25, 0.3) is 0 Å². The summed E-state index contributed by atoms with van der Waals surface area (Å²) in [6.07, 6.45) is 3.50. The van der Waals surface area contributed by atoms with E-state index < -0.39 is 0 Å². The smallest absolute Gasteiger partial charge is 0.165 e. The fourth-order valence-corrected chi connectivity index (χ4v) is 1.70. The van der Waals surface area contributed by atoms with Crippen molar-refractivity contribution in [3.8, 4) is 11.5 Å². The number of aromatic nitrogens is 2. The first-order valence-corrected chi connectivity index (χ1v) is 5.73. The van der Waals surface area contributed by atoms with E-state index in [0.717, 1.165) is 10.2 Å². The van der Waals surface area contributed by atoms with Gasteiger partial charge >= 0.3 is 0 Å². The lowest BCUT2D eigenvalue weighted by Crippen LogP contribution is -2.09. The van der Waals surface area contributed by atoms with E-state index in [1.165, 1.54) is 0 Å². The summed E-state index contributed by atoms with van der Waals surface area (Å²) in [5.74, 6) is 1.49. The first kappa shape index (κ1) is 11.2. The minimum atomic E-state index is 0.567. The molecule has 4 nitrogen and oxygen atoms in total. The SMILES string of the molecule is NCCn1cc(Oc2cccc(Br)c2)cn1. The lowest BCUT2D eigenvalue weighted by atomic mass is 10.3. The molecular formula is C11H12BrN3O. The Kier molecular flexibility index (Phi) is 3.58. The van der Waals surface area contributed by atoms with E-state index in [-0.39, 0.29) is 0 Å². The molecule has 1 aromatic carbocycles. The summed E-state index contributed by atoms with van der Waals surface area (Å²) in [7, 11) is 0. The van der Waals surface area contributed by atoms with Crippen molar-refractivity contribution in [3.63, 3.8) is 0 Å². The van der Waals surface area contributed by atoms with Crippen molar-refractivity contribution in [2.45, 2.75) is 6.54 Å². The van der Waals surface area contributed by atoms with Gasteiger partial charge in [-0.3, -0.25) is 4.68 Å². The second kappa shape index (κ2) is 5.14. The molecule has 0 amide bonds. The maximum absolute atomic E-state index is 5.63. The zero-order chi connectivity index (χ0) is 11.4. The zero-order valence-electron chi connectivity index (χ0n) is 8.64. The maximum Gasteiger partial charge on any atom is 0.165 e. The molecule has 16 heavy (non-hydrogen) atoms. The van der Waals surface area contributed by atoms with Crippen LogP contribution in [0.4, 0.5) is 0 Å². The van der Waals surface area contributed by atoms with E-state index in [0.29, 0.717) is 18.8 Å². The fraction of sp³-hybridized carbons (Fsp3) is 0.182. The summed E-state index contributed by atoms with van der Waals surface area (Å²) in [4.78, 5) is 0. The highest BCUT2D eigenvalue weighted by Crippen LogP contribution is 2.23. The highest BCUT2D eigenvalue weighted by atomic mass is 79.9. The van der Waals surface area contributed by atoms with Gasteiger partial charge in [-0.1, -0.05) is 22.0 Å². The molecule has 84 valence electrons. The van der Waals surface area contributed by atoms with Crippen molar-refractivity contribution in [2.24, 2.45) is 5.73 Å². The minimum Gasteiger partial charge on any atom is -0.454 e. The summed E-state index contributed by atoms with van der Waals surface area (Å²) in [6, 6.07) is 7.67. The topological polar surface area (TPSA) is 53.1 Å². The Bertz CT molecular complexity index is 470. The van der Waals surface area contributed by atoms with Crippen LogP contribution in [0, 0.1) is 0 Å². The third kappa shape index (κ3) is 2.84. The molecule has 0 saturated carbocycles. The summed E-state index contributed by atoms with van der Waals surface area (Å²) in [5, 5.41) is 4.12. The molecule has 0 aliphatic carbocycles. The van der Waals surface area contributed by atoms with Gasteiger partial charge < -0.3 is 10.5 Å². The number of ether oxygens (including phenoxy) is 1. The van der Waals surface area contributed by atoms with Gasteiger partial charge in [-0.2, -0.15) is 5.10 Å². The molecular weight excluding hydrogens is 270 g/mol. The zero-order valence-corrected chi connectivity index (χ0v) is 10.2. The Morgan fingerprint density at radius 1 is 1.38 bits per heavy atom. The molecule has 1 heterocycles. The third-order valence-electron chi connectivity index (χ3n) is 2.00. The number of hydrogen-bond acceptors (Lipinski definition) is 3. The van der Waals surface area contributed by atoms with Gasteiger partial charge in [-0.05, 0) is 18.2 Å². The summed E-state index contributed by atoms with van der Waals surface area (Å²) in [6.45, 7) is 1.26. The Labute approximate surface area is 102 Å². The molecule has 2 aromatic rings. The van der Waals surface area contributed by atoms with Crippen LogP contribution in [0.5, 0.6) is 11.5 Å². The Balaban J connectivity index is 2.08. The van der Waals surface area contributed by atoms with Crippen molar-refractivity contribution in [1.29, 1.82) is 0 Å². The fourth-order valence-electron chi connectivity index (χ4n) is 1.32. The van der Waals surface area contributed by atoms with Gasteiger partial charge in [0.2, 0.25) is 0 Å². The van der Waals surface area contributed by atoms with Crippen LogP contribution in [0.15, 0.2) is 41.1 Å². The van der Waals surface area contributed by atoms with E-state index in [9.17, 15) is 0 Å². The molecule has 0 aliphatic heterocycles. The second-order valence-corrected chi connectivity index (χ2v) is 4.20. The number of halogens is 1. The number of nitrogens with two attached hydrogens (primary N) is 1. The molecule has 0 unspecified atom stereocenters. The van der Waals surface area contributed by atoms with Gasteiger partial charge in [0.25, 0.3) is 0 Å². The average molecular weight is 282 g/mol. The molecule has 0 spiro atoms. The Morgan fingerprint density at radius 2 is 2.25 bits per heavy atom. The average Bonchev–Trinajstić information content (AvgIpc) is 2.66. The van der Waals surface area contributed by atoms with Crippen molar-refractivity contribution >= 4 is 15.9 Å². The minimum absolute atomic E-state index is 0.567. The highest BCUT2D eigenvalue weighted by molar-refractivity contribution is 9.10. The van der Waals surface area contributed by atoms with E-state index in [1.54, 1.807) is 10.9 Å². The maximum atomic E-state index is 5.63. The summed E-state index contributed by atoms with van der Waals surface area (Å²) in [5.41, 5.74) is 5.43. The van der Waals surface area contributed by atoms with Crippen LogP contribution in [0.3, 0.4) is 0 Å². The van der Waals surface area contributed by atoms with Crippen molar-refractivity contribution in [2.75, 3.05) is 6.54 Å². The van der Waals surface area contributed by atoms with E-state index in [4.69, 9.17) is 10.5 Å². The van der Waals surface area contributed by atoms with Gasteiger partial charge in [-0.25, -0.2) is 0 Å². The standard InChI is InChI=1S/C11H12BrN3O/c12-9-2-1-3-10(6-9)16-11-7-14-15(8-11)5-4-13/h1-3,6-8H,4-5,13H2. The van der Waals surface area contributed by atoms with Gasteiger partial charge in [0.1, 0.15) is 5.75 Å². The van der Waals surface area contributed by atoms with Gasteiger partial charge in [0.05, 0.1) is 18.9 Å². The number of rotatable bonds is 4. The van der Waals surface area contributed by atoms with Crippen LogP contribution in [0.1, 0.15) is 0 Å². The number of nitrogens with zero attached hydrogens (tertiary/aromatic N) is 2. The quantitative estimate of drug-likeness (QED) is 0.936. The molecule has 0 fully saturated rings. The highest BCUT2D eigenvalue weighted by Gasteiger charge is 2.01. The lowest BCUT2D eigenvalue weighted by molar-refractivity contribution is 0.480. The van der Waals surface area contributed by atoms with Crippen molar-refractivity contribution < 1.29 is 4.74 Å². The monoisotopic (exact) mass is 281 g/mol. The van der Waals surface area contributed by atoms with Crippen LogP contribution in [0.2, 0.25) is 0 Å². The molecule has 0 radical (unpaired) electrons. The molecule has 0 atom stereocenters. The van der Waals surface area contributed by atoms with Crippen molar-refractivity contribution in [1.82, 2.24) is 9.78 Å². The molecule has 2 N–H and O–H groups in total. The van der Waals surface area contributed by atoms with E-state index in [2.05, 4.69) is 21.0 Å². The van der Waals surface area contributed by atoms with Crippen LogP contribution < -0.4 is 10.5 Å². The molecule has 5 heteroatoms. The van der Waals surface area contributed by atoms with Gasteiger partial charge in [0.15, 0.2) is 5.75 Å². The van der Waals surface area contributed by atoms with Gasteiger partial charge in [-0.15, -0.1) is 0 Å². The Hall–Kier alpha value is -1.33. The predicted molar refractivity (Wildman–Crippen MR) is 65.5 cm³/mol. The molecule has 1 aromatic heterocycles. The lowest BCUT2D eigenvalue weighted by Gasteiger charge is -2.02. The van der Waals surface area contributed by atoms with Crippen molar-refractivity contribution in [3.05, 3.63) is 41.1 Å². The van der Waals surface area contributed by atoms with Crippen LogP contribution >= 0.6 is 15.9 Å². The largest absolute Gasteiger partial charge is 0.454 e. The van der Waals surface area contributed by atoms with Crippen LogP contribution in [-0.4, -0.2) is 16.3 Å². The number of benzene rings is 1. The Morgan fingerprint density at radius 3 is 3.00 bits per heavy atom. The normalized spacial score (nSPS) is 10.4. The summed E-state index contributed by atoms with van der Waals surface area (Å²) >= 11 is 3.39. The van der Waals surface area contributed by atoms with Gasteiger partial charge in [0, 0.05) is 11.0 Å². The van der Waals surface area contributed by atoms with E-state index in [1.807, 2.05) is 30.5 Å². The van der Waals surface area contributed by atoms with Crippen LogP contribution in [-0.2, 0) is 6.54 Å². The first-order chi connectivity index (χ1) is 7.78.